The minimum Gasteiger partial charge on any atom is -0.423 e. The minimum absolute atomic E-state index is 0.189. The van der Waals surface area contributed by atoms with Crippen LogP contribution < -0.4 is 4.90 Å². The molecule has 5 nitrogen and oxygen atoms in total. The molecule has 1 aliphatic carbocycles. The molecule has 0 amide bonds. The van der Waals surface area contributed by atoms with E-state index >= 15 is 0 Å². The van der Waals surface area contributed by atoms with Gasteiger partial charge in [0.1, 0.15) is 5.69 Å². The molecule has 2 heterocycles. The van der Waals surface area contributed by atoms with E-state index in [4.69, 9.17) is 9.40 Å². The van der Waals surface area contributed by atoms with E-state index in [0.717, 1.165) is 43.5 Å². The Morgan fingerprint density at radius 1 is 0.786 bits per heavy atom. The van der Waals surface area contributed by atoms with Gasteiger partial charge in [0.25, 0.3) is 0 Å². The molecule has 42 heavy (non-hydrogen) atoms. The quantitative estimate of drug-likeness (QED) is 0.158. The van der Waals surface area contributed by atoms with Crippen LogP contribution in [-0.2, 0) is 13.0 Å². The number of aromatic nitrogens is 1. The topological polar surface area (TPSA) is 35.8 Å². The predicted molar refractivity (Wildman–Crippen MR) is 176 cm³/mol. The van der Waals surface area contributed by atoms with Gasteiger partial charge in [0.15, 0.2) is 0 Å². The molecule has 2 unspecified atom stereocenters. The molecule has 1 aliphatic rings. The summed E-state index contributed by atoms with van der Waals surface area (Å²) in [5.74, 6) is 3.00. The Kier molecular flexibility index (Phi) is 10.5. The van der Waals surface area contributed by atoms with Crippen LogP contribution in [0.5, 0.6) is 0 Å². The number of oxazole rings is 1. The van der Waals surface area contributed by atoms with E-state index in [2.05, 4.69) is 128 Å². The maximum Gasteiger partial charge on any atom is 0.220 e. The molecule has 6 heteroatoms. The first kappa shape index (κ1) is 30.5. The third-order valence-electron chi connectivity index (χ3n) is 9.08. The summed E-state index contributed by atoms with van der Waals surface area (Å²) in [5.41, 5.74) is 3.56. The highest BCUT2D eigenvalue weighted by Gasteiger charge is 2.38. The summed E-state index contributed by atoms with van der Waals surface area (Å²) >= 11 is 1.90. The molecule has 0 saturated heterocycles. The van der Waals surface area contributed by atoms with E-state index in [1.807, 2.05) is 11.3 Å². The van der Waals surface area contributed by atoms with Crippen molar-refractivity contribution < 1.29 is 4.42 Å². The second kappa shape index (κ2) is 14.5. The lowest BCUT2D eigenvalue weighted by Gasteiger charge is -2.41. The molecule has 0 radical (unpaired) electrons. The van der Waals surface area contributed by atoms with Crippen molar-refractivity contribution >= 4 is 17.2 Å². The van der Waals surface area contributed by atoms with Gasteiger partial charge >= 0.3 is 0 Å². The molecule has 4 aromatic rings. The van der Waals surface area contributed by atoms with Crippen molar-refractivity contribution in [2.24, 2.45) is 11.8 Å². The maximum absolute atomic E-state index is 6.86. The van der Waals surface area contributed by atoms with Crippen LogP contribution in [0.2, 0.25) is 0 Å². The number of nitrogens with zero attached hydrogens (tertiary/aromatic N) is 4. The van der Waals surface area contributed by atoms with Gasteiger partial charge < -0.3 is 14.2 Å². The van der Waals surface area contributed by atoms with Gasteiger partial charge in [-0.1, -0.05) is 80.6 Å². The van der Waals surface area contributed by atoms with E-state index in [1.165, 1.54) is 41.7 Å². The molecule has 0 aliphatic heterocycles. The first-order valence-corrected chi connectivity index (χ1v) is 16.6. The maximum atomic E-state index is 6.86. The second-order valence-corrected chi connectivity index (χ2v) is 13.1. The van der Waals surface area contributed by atoms with Crippen molar-refractivity contribution in [1.82, 2.24) is 14.8 Å². The van der Waals surface area contributed by atoms with Gasteiger partial charge in [0.2, 0.25) is 11.8 Å². The fraction of sp³-hybridized carbons (Fsp3) is 0.472. The van der Waals surface area contributed by atoms with Crippen LogP contribution in [0.4, 0.5) is 5.88 Å². The Morgan fingerprint density at radius 3 is 1.93 bits per heavy atom. The van der Waals surface area contributed by atoms with Gasteiger partial charge in [-0.3, -0.25) is 4.90 Å². The molecule has 1 saturated carbocycles. The lowest BCUT2D eigenvalue weighted by molar-refractivity contribution is 0.0745. The molecule has 2 aromatic heterocycles. The zero-order valence-electron chi connectivity index (χ0n) is 26.1. The van der Waals surface area contributed by atoms with Gasteiger partial charge in [-0.15, -0.1) is 11.3 Å². The van der Waals surface area contributed by atoms with Gasteiger partial charge in [0, 0.05) is 30.9 Å². The van der Waals surface area contributed by atoms with E-state index < -0.39 is 0 Å². The summed E-state index contributed by atoms with van der Waals surface area (Å²) < 4.78 is 6.86. The second-order valence-electron chi connectivity index (χ2n) is 12.1. The number of anilines is 1. The fourth-order valence-corrected chi connectivity index (χ4v) is 8.05. The van der Waals surface area contributed by atoms with Crippen molar-refractivity contribution in [3.63, 3.8) is 0 Å². The third-order valence-corrected chi connectivity index (χ3v) is 10.0. The van der Waals surface area contributed by atoms with E-state index in [1.54, 1.807) is 0 Å². The number of hydrogen-bond donors (Lipinski definition) is 0. The van der Waals surface area contributed by atoms with Crippen LogP contribution in [0, 0.1) is 11.8 Å². The first-order valence-electron chi connectivity index (χ1n) is 15.7. The smallest absolute Gasteiger partial charge is 0.220 e. The number of rotatable bonds is 13. The van der Waals surface area contributed by atoms with E-state index in [9.17, 15) is 0 Å². The van der Waals surface area contributed by atoms with Crippen molar-refractivity contribution in [2.75, 3.05) is 39.1 Å². The lowest BCUT2D eigenvalue weighted by atomic mass is 9.74. The van der Waals surface area contributed by atoms with Gasteiger partial charge in [-0.05, 0) is 87.3 Å². The summed E-state index contributed by atoms with van der Waals surface area (Å²) in [5, 5.41) is 2.22. The van der Waals surface area contributed by atoms with Gasteiger partial charge in [-0.25, -0.2) is 4.98 Å². The average Bonchev–Trinajstić information content (AvgIpc) is 3.68. The Balaban J connectivity index is 1.43. The first-order chi connectivity index (χ1) is 20.5. The average molecular weight is 585 g/mol. The summed E-state index contributed by atoms with van der Waals surface area (Å²) in [6.45, 7) is 7.31. The molecule has 1 fully saturated rings. The zero-order valence-corrected chi connectivity index (χ0v) is 26.9. The lowest BCUT2D eigenvalue weighted by Crippen LogP contribution is -2.37. The Morgan fingerprint density at radius 2 is 1.38 bits per heavy atom. The molecule has 5 rings (SSSR count). The fourth-order valence-electron chi connectivity index (χ4n) is 7.04. The normalized spacial score (nSPS) is 18.8. The van der Waals surface area contributed by atoms with Gasteiger partial charge in [-0.2, -0.15) is 0 Å². The molecule has 2 aromatic carbocycles. The SMILES string of the molecule is CCN(CC)C(c1nc(Cc2ccccc2)c(N(C)Cc2ccccc2)o1)C1CCC(C(c2cccs2)N(C)C)CC1. The highest BCUT2D eigenvalue weighted by atomic mass is 32.1. The Bertz CT molecular complexity index is 1330. The van der Waals surface area contributed by atoms with Crippen LogP contribution in [0.3, 0.4) is 0 Å². The zero-order chi connectivity index (χ0) is 29.5. The van der Waals surface area contributed by atoms with E-state index in [0.29, 0.717) is 17.9 Å². The molecule has 0 bridgehead atoms. The highest BCUT2D eigenvalue weighted by Crippen LogP contribution is 2.46. The number of hydrogen-bond acceptors (Lipinski definition) is 6. The minimum atomic E-state index is 0.189. The van der Waals surface area contributed by atoms with Crippen LogP contribution in [0.25, 0.3) is 0 Å². The largest absolute Gasteiger partial charge is 0.423 e. The van der Waals surface area contributed by atoms with Crippen molar-refractivity contribution in [3.05, 3.63) is 106 Å². The highest BCUT2D eigenvalue weighted by molar-refractivity contribution is 7.10. The third kappa shape index (κ3) is 7.16. The van der Waals surface area contributed by atoms with Crippen LogP contribution in [0.1, 0.15) is 79.2 Å². The molecule has 2 atom stereocenters. The number of thiophene rings is 1. The Labute approximate surface area is 257 Å². The summed E-state index contributed by atoms with van der Waals surface area (Å²) in [7, 11) is 6.61. The molecule has 0 spiro atoms. The molecule has 224 valence electrons. The van der Waals surface area contributed by atoms with Crippen LogP contribution in [0.15, 0.2) is 82.6 Å². The molecule has 0 N–H and O–H groups in total. The predicted octanol–water partition coefficient (Wildman–Crippen LogP) is 8.46. The summed E-state index contributed by atoms with van der Waals surface area (Å²) in [6.07, 6.45) is 5.64. The van der Waals surface area contributed by atoms with Crippen molar-refractivity contribution in [3.8, 4) is 0 Å². The van der Waals surface area contributed by atoms with Crippen LogP contribution >= 0.6 is 11.3 Å². The van der Waals surface area contributed by atoms with Crippen LogP contribution in [-0.4, -0.2) is 49.0 Å². The van der Waals surface area contributed by atoms with E-state index in [-0.39, 0.29) is 6.04 Å². The monoisotopic (exact) mass is 584 g/mol. The summed E-state index contributed by atoms with van der Waals surface area (Å²) in [6, 6.07) is 26.5. The van der Waals surface area contributed by atoms with Crippen molar-refractivity contribution in [2.45, 2.75) is 64.6 Å². The molecular formula is C36H48N4OS. The molecular weight excluding hydrogens is 536 g/mol. The summed E-state index contributed by atoms with van der Waals surface area (Å²) in [4.78, 5) is 14.1. The van der Waals surface area contributed by atoms with Crippen molar-refractivity contribution in [1.29, 1.82) is 0 Å². The van der Waals surface area contributed by atoms with Gasteiger partial charge in [0.05, 0.1) is 6.04 Å². The Hall–Kier alpha value is -2.93. The number of benzene rings is 2. The standard InChI is InChI=1S/C36H48N4OS/c1-6-40(7-2)34(30-22-20-29(21-23-30)33(38(3)4)32-19-14-24-42-32)35-37-31(25-27-15-10-8-11-16-27)36(41-35)39(5)26-28-17-12-9-13-18-28/h8-19,24,29-30,33-34H,6-7,20-23,25-26H2,1-5H3.